The summed E-state index contributed by atoms with van der Waals surface area (Å²) in [7, 11) is 2.15. The van der Waals surface area contributed by atoms with E-state index in [1.165, 1.54) is 0 Å². The fraction of sp³-hybridized carbons (Fsp3) is 0.276. The van der Waals surface area contributed by atoms with E-state index in [4.69, 9.17) is 16.3 Å². The third-order valence-electron chi connectivity index (χ3n) is 6.56. The second-order valence-electron chi connectivity index (χ2n) is 9.37. The minimum atomic E-state index is -0.0551. The predicted molar refractivity (Wildman–Crippen MR) is 142 cm³/mol. The molecule has 5 rings (SSSR count). The van der Waals surface area contributed by atoms with Crippen LogP contribution in [-0.2, 0) is 13.0 Å². The lowest BCUT2D eigenvalue weighted by atomic mass is 10.0. The van der Waals surface area contributed by atoms with E-state index in [1.54, 1.807) is 10.9 Å². The molecule has 184 valence electrons. The largest absolute Gasteiger partial charge is 0.490 e. The van der Waals surface area contributed by atoms with Crippen LogP contribution < -0.4 is 4.74 Å². The minimum absolute atomic E-state index is 0.0551. The van der Waals surface area contributed by atoms with Gasteiger partial charge in [-0.15, -0.1) is 5.10 Å². The van der Waals surface area contributed by atoms with Crippen LogP contribution in [0.2, 0.25) is 5.02 Å². The number of ketones is 1. The van der Waals surface area contributed by atoms with Gasteiger partial charge in [-0.2, -0.15) is 0 Å². The number of benzene rings is 3. The van der Waals surface area contributed by atoms with Crippen molar-refractivity contribution in [3.05, 3.63) is 101 Å². The average Bonchev–Trinajstić information content (AvgIpc) is 3.37. The molecular formula is C29H29ClN4O2. The summed E-state index contributed by atoms with van der Waals surface area (Å²) >= 11 is 5.94. The van der Waals surface area contributed by atoms with Crippen LogP contribution in [0.5, 0.6) is 5.75 Å². The molecule has 4 aromatic rings. The SMILES string of the molecule is CN1CCC(Oc2ccc(-c3ccc(CC(=O)c4cn(Cc5ccc(Cl)cc5)nn4)cc3)cc2)CC1. The Morgan fingerprint density at radius 1 is 0.917 bits per heavy atom. The van der Waals surface area contributed by atoms with Gasteiger partial charge in [-0.25, -0.2) is 4.68 Å². The summed E-state index contributed by atoms with van der Waals surface area (Å²) in [6, 6.07) is 23.9. The maximum atomic E-state index is 12.7. The third-order valence-corrected chi connectivity index (χ3v) is 6.81. The van der Waals surface area contributed by atoms with Crippen LogP contribution in [0.3, 0.4) is 0 Å². The maximum absolute atomic E-state index is 12.7. The number of rotatable bonds is 8. The normalized spacial score (nSPS) is 14.6. The molecule has 1 fully saturated rings. The first-order chi connectivity index (χ1) is 17.5. The molecule has 2 heterocycles. The molecule has 0 aliphatic carbocycles. The van der Waals surface area contributed by atoms with E-state index < -0.39 is 0 Å². The number of hydrogen-bond donors (Lipinski definition) is 0. The number of piperidine rings is 1. The van der Waals surface area contributed by atoms with Crippen LogP contribution in [0.15, 0.2) is 79.0 Å². The molecule has 1 aromatic heterocycles. The second-order valence-corrected chi connectivity index (χ2v) is 9.81. The molecule has 0 saturated carbocycles. The number of ether oxygens (including phenoxy) is 1. The van der Waals surface area contributed by atoms with Gasteiger partial charge >= 0.3 is 0 Å². The topological polar surface area (TPSA) is 60.2 Å². The molecule has 0 unspecified atom stereocenters. The van der Waals surface area contributed by atoms with Gasteiger partial charge in [0.15, 0.2) is 5.78 Å². The Kier molecular flexibility index (Phi) is 7.44. The smallest absolute Gasteiger partial charge is 0.189 e. The van der Waals surface area contributed by atoms with E-state index in [1.807, 2.05) is 60.7 Å². The molecule has 0 N–H and O–H groups in total. The number of carbonyl (C=O) groups excluding carboxylic acids is 1. The highest BCUT2D eigenvalue weighted by Crippen LogP contribution is 2.25. The molecule has 0 atom stereocenters. The first kappa shape index (κ1) is 24.2. The van der Waals surface area contributed by atoms with Crippen molar-refractivity contribution >= 4 is 17.4 Å². The Hall–Kier alpha value is -3.48. The monoisotopic (exact) mass is 500 g/mol. The van der Waals surface area contributed by atoms with Gasteiger partial charge in [0.1, 0.15) is 17.5 Å². The third kappa shape index (κ3) is 6.20. The van der Waals surface area contributed by atoms with E-state index >= 15 is 0 Å². The summed E-state index contributed by atoms with van der Waals surface area (Å²) in [5, 5.41) is 8.85. The first-order valence-corrected chi connectivity index (χ1v) is 12.6. The number of carbonyl (C=O) groups is 1. The van der Waals surface area contributed by atoms with Gasteiger partial charge in [0.25, 0.3) is 0 Å². The lowest BCUT2D eigenvalue weighted by molar-refractivity contribution is 0.0988. The van der Waals surface area contributed by atoms with Crippen molar-refractivity contribution in [3.63, 3.8) is 0 Å². The van der Waals surface area contributed by atoms with E-state index in [0.717, 1.165) is 53.9 Å². The van der Waals surface area contributed by atoms with Crippen molar-refractivity contribution in [3.8, 4) is 16.9 Å². The van der Waals surface area contributed by atoms with Crippen molar-refractivity contribution in [2.75, 3.05) is 20.1 Å². The van der Waals surface area contributed by atoms with Crippen molar-refractivity contribution in [1.82, 2.24) is 19.9 Å². The van der Waals surface area contributed by atoms with E-state index in [0.29, 0.717) is 23.4 Å². The maximum Gasteiger partial charge on any atom is 0.189 e. The summed E-state index contributed by atoms with van der Waals surface area (Å²) < 4.78 is 7.82. The molecule has 3 aromatic carbocycles. The van der Waals surface area contributed by atoms with Crippen LogP contribution in [-0.4, -0.2) is 51.9 Å². The molecular weight excluding hydrogens is 472 g/mol. The molecule has 1 aliphatic rings. The molecule has 1 aliphatic heterocycles. The second kappa shape index (κ2) is 11.1. The number of nitrogens with zero attached hydrogens (tertiary/aromatic N) is 4. The molecule has 6 nitrogen and oxygen atoms in total. The zero-order valence-electron chi connectivity index (χ0n) is 20.3. The first-order valence-electron chi connectivity index (χ1n) is 12.2. The summed E-state index contributed by atoms with van der Waals surface area (Å²) in [6.07, 6.45) is 4.40. The Bertz CT molecular complexity index is 1290. The highest BCUT2D eigenvalue weighted by molar-refractivity contribution is 6.30. The fourth-order valence-electron chi connectivity index (χ4n) is 4.39. The quantitative estimate of drug-likeness (QED) is 0.297. The van der Waals surface area contributed by atoms with E-state index in [2.05, 4.69) is 34.4 Å². The van der Waals surface area contributed by atoms with Gasteiger partial charge in [0, 0.05) is 24.5 Å². The molecule has 0 spiro atoms. The van der Waals surface area contributed by atoms with E-state index in [-0.39, 0.29) is 12.2 Å². The number of Topliss-reactive ketones (excluding diaryl/α,β-unsaturated/α-hetero) is 1. The Balaban J connectivity index is 1.16. The number of aromatic nitrogens is 3. The molecule has 36 heavy (non-hydrogen) atoms. The molecule has 1 saturated heterocycles. The van der Waals surface area contributed by atoms with Crippen LogP contribution >= 0.6 is 11.6 Å². The van der Waals surface area contributed by atoms with Gasteiger partial charge in [0.05, 0.1) is 12.7 Å². The van der Waals surface area contributed by atoms with Crippen molar-refractivity contribution in [1.29, 1.82) is 0 Å². The molecule has 0 amide bonds. The van der Waals surface area contributed by atoms with Gasteiger partial charge in [-0.1, -0.05) is 65.3 Å². The Labute approximate surface area is 216 Å². The summed E-state index contributed by atoms with van der Waals surface area (Å²) in [6.45, 7) is 2.70. The summed E-state index contributed by atoms with van der Waals surface area (Å²) in [5.74, 6) is 0.861. The summed E-state index contributed by atoms with van der Waals surface area (Å²) in [4.78, 5) is 15.1. The standard InChI is InChI=1S/C29H29ClN4O2/c1-33-16-14-27(15-17-33)36-26-12-8-24(9-13-26)23-6-2-21(3-7-23)18-29(35)28-20-34(32-31-28)19-22-4-10-25(30)11-5-22/h2-13,20,27H,14-19H2,1H3. The van der Waals surface area contributed by atoms with Crippen LogP contribution in [0.25, 0.3) is 11.1 Å². The van der Waals surface area contributed by atoms with E-state index in [9.17, 15) is 4.79 Å². The van der Waals surface area contributed by atoms with Crippen molar-refractivity contribution in [2.45, 2.75) is 31.9 Å². The summed E-state index contributed by atoms with van der Waals surface area (Å²) in [5.41, 5.74) is 4.58. The predicted octanol–water partition coefficient (Wildman–Crippen LogP) is 5.55. The fourth-order valence-corrected chi connectivity index (χ4v) is 4.52. The molecule has 7 heteroatoms. The Morgan fingerprint density at radius 3 is 2.19 bits per heavy atom. The molecule has 0 radical (unpaired) electrons. The molecule has 0 bridgehead atoms. The highest BCUT2D eigenvalue weighted by atomic mass is 35.5. The van der Waals surface area contributed by atoms with Gasteiger partial charge in [0.2, 0.25) is 0 Å². The average molecular weight is 501 g/mol. The van der Waals surface area contributed by atoms with Crippen molar-refractivity contribution < 1.29 is 9.53 Å². The van der Waals surface area contributed by atoms with Gasteiger partial charge in [-0.3, -0.25) is 4.79 Å². The number of halogens is 1. The Morgan fingerprint density at radius 2 is 1.53 bits per heavy atom. The zero-order chi connectivity index (χ0) is 24.9. The number of hydrogen-bond acceptors (Lipinski definition) is 5. The van der Waals surface area contributed by atoms with Crippen LogP contribution in [0.4, 0.5) is 0 Å². The lowest BCUT2D eigenvalue weighted by Gasteiger charge is -2.29. The minimum Gasteiger partial charge on any atom is -0.490 e. The van der Waals surface area contributed by atoms with Gasteiger partial charge < -0.3 is 9.64 Å². The van der Waals surface area contributed by atoms with Crippen LogP contribution in [0.1, 0.15) is 34.5 Å². The van der Waals surface area contributed by atoms with Crippen LogP contribution in [0, 0.1) is 0 Å². The lowest BCUT2D eigenvalue weighted by Crippen LogP contribution is -2.35. The number of likely N-dealkylation sites (tertiary alicyclic amines) is 1. The van der Waals surface area contributed by atoms with Crippen molar-refractivity contribution in [2.24, 2.45) is 0 Å². The zero-order valence-corrected chi connectivity index (χ0v) is 21.1. The van der Waals surface area contributed by atoms with Gasteiger partial charge in [-0.05, 0) is 66.4 Å². The highest BCUT2D eigenvalue weighted by Gasteiger charge is 2.18.